The third kappa shape index (κ3) is 17.5. The average Bonchev–Trinajstić information content (AvgIpc) is 0.801. The quantitative estimate of drug-likeness (QED) is 0.0289. The fourth-order valence-electron chi connectivity index (χ4n) is 12.1. The maximum atomic E-state index is 12.9. The van der Waals surface area contributed by atoms with Gasteiger partial charge in [-0.3, -0.25) is 20.2 Å². The zero-order chi connectivity index (χ0) is 65.1. The molecule has 11 rings (SSSR count). The second-order valence-corrected chi connectivity index (χ2v) is 22.8. The first-order chi connectivity index (χ1) is 46.2. The molecular weight excluding hydrogens is 1180 g/mol. The lowest BCUT2D eigenvalue weighted by molar-refractivity contribution is -0.126. The number of nitrogens with one attached hydrogen (secondary N) is 4. The van der Waals surface area contributed by atoms with Crippen LogP contribution in [-0.4, -0.2) is 114 Å². The summed E-state index contributed by atoms with van der Waals surface area (Å²) in [6.45, 7) is 10.2. The van der Waals surface area contributed by atoms with E-state index in [1.807, 2.05) is 170 Å². The number of amides is 2. The van der Waals surface area contributed by atoms with Crippen LogP contribution in [-0.2, 0) is 52.5 Å². The van der Waals surface area contributed by atoms with Crippen molar-refractivity contribution in [1.82, 2.24) is 21.3 Å². The minimum atomic E-state index is -0.610. The highest BCUT2D eigenvalue weighted by Crippen LogP contribution is 2.42. The van der Waals surface area contributed by atoms with Crippen molar-refractivity contribution in [2.45, 2.75) is 36.8 Å². The van der Waals surface area contributed by atoms with Gasteiger partial charge in [0.2, 0.25) is 11.8 Å². The summed E-state index contributed by atoms with van der Waals surface area (Å²) in [5.74, 6) is 0.631. The van der Waals surface area contributed by atoms with Crippen LogP contribution in [0, 0.1) is 0 Å². The van der Waals surface area contributed by atoms with Gasteiger partial charge in [0.15, 0.2) is 23.0 Å². The number of hydrogen-bond acceptors (Lipinski definition) is 12. The van der Waals surface area contributed by atoms with Crippen LogP contribution in [0.4, 0.5) is 0 Å². The monoisotopic (exact) mass is 1260 g/mol. The molecule has 0 fully saturated rings. The van der Waals surface area contributed by atoms with Crippen molar-refractivity contribution < 1.29 is 48.2 Å². The van der Waals surface area contributed by atoms with E-state index in [0.717, 1.165) is 71.6 Å². The molecule has 2 amide bonds. The minimum absolute atomic E-state index is 0.0786. The summed E-state index contributed by atoms with van der Waals surface area (Å²) in [6.07, 6.45) is 1.02. The summed E-state index contributed by atoms with van der Waals surface area (Å²) in [5, 5.41) is 39.9. The summed E-state index contributed by atoms with van der Waals surface area (Å²) in [5.41, 5.74) is 7.71. The Morgan fingerprint density at radius 2 is 0.628 bits per heavy atom. The van der Waals surface area contributed by atoms with Gasteiger partial charge in [-0.2, -0.15) is 0 Å². The van der Waals surface area contributed by atoms with Gasteiger partial charge in [0.25, 0.3) is 0 Å². The van der Waals surface area contributed by atoms with Crippen LogP contribution in [0.15, 0.2) is 255 Å². The third-order valence-electron chi connectivity index (χ3n) is 16.6. The van der Waals surface area contributed by atoms with Crippen LogP contribution in [0.5, 0.6) is 23.0 Å². The Hall–Kier alpha value is -9.64. The van der Waals surface area contributed by atoms with Crippen molar-refractivity contribution in [3.05, 3.63) is 299 Å². The molecule has 0 spiro atoms. The van der Waals surface area contributed by atoms with Gasteiger partial charge in [-0.25, -0.2) is 0 Å². The lowest BCUT2D eigenvalue weighted by Crippen LogP contribution is -2.47. The molecule has 0 aliphatic carbocycles. The summed E-state index contributed by atoms with van der Waals surface area (Å²) < 4.78 is 34.2. The van der Waals surface area contributed by atoms with Crippen LogP contribution >= 0.6 is 0 Å². The van der Waals surface area contributed by atoms with Crippen molar-refractivity contribution in [2.24, 2.45) is 0 Å². The van der Waals surface area contributed by atoms with Crippen molar-refractivity contribution in [1.29, 1.82) is 0 Å². The number of phenolic OH excluding ortho intramolecular Hbond substituents is 2. The zero-order valence-corrected chi connectivity index (χ0v) is 53.2. The van der Waals surface area contributed by atoms with Gasteiger partial charge in [0, 0.05) is 50.1 Å². The topological polar surface area (TPSA) is 178 Å². The Morgan fingerprint density at radius 3 is 0.926 bits per heavy atom. The van der Waals surface area contributed by atoms with Gasteiger partial charge < -0.3 is 49.3 Å². The molecule has 0 saturated heterocycles. The van der Waals surface area contributed by atoms with Gasteiger partial charge in [0.1, 0.15) is 13.2 Å². The number of carbonyl (C=O) groups is 2. The van der Waals surface area contributed by atoms with Gasteiger partial charge in [-0.1, -0.05) is 243 Å². The Kier molecular flexibility index (Phi) is 24.9. The van der Waals surface area contributed by atoms with E-state index in [1.165, 1.54) is 0 Å². The lowest BCUT2D eigenvalue weighted by atomic mass is 9.77. The van der Waals surface area contributed by atoms with Crippen LogP contribution in [0.1, 0.15) is 57.3 Å². The van der Waals surface area contributed by atoms with Crippen LogP contribution < -0.4 is 30.7 Å². The van der Waals surface area contributed by atoms with Crippen LogP contribution in [0.25, 0.3) is 21.5 Å². The predicted molar refractivity (Wildman–Crippen MR) is 372 cm³/mol. The molecule has 1 aliphatic heterocycles. The zero-order valence-electron chi connectivity index (χ0n) is 53.2. The first-order valence-corrected chi connectivity index (χ1v) is 32.3. The maximum Gasteiger partial charge on any atom is 0.220 e. The first-order valence-electron chi connectivity index (χ1n) is 32.3. The highest BCUT2D eigenvalue weighted by Gasteiger charge is 2.37. The molecular formula is C80H84N4O10. The minimum Gasteiger partial charge on any atom is -0.504 e. The Bertz CT molecular complexity index is 3520. The van der Waals surface area contributed by atoms with E-state index in [9.17, 15) is 19.8 Å². The number of phenols is 2. The smallest absolute Gasteiger partial charge is 0.220 e. The van der Waals surface area contributed by atoms with Crippen molar-refractivity contribution >= 4 is 33.4 Å². The first kappa shape index (κ1) is 67.3. The molecule has 0 unspecified atom stereocenters. The number of fused-ring (bicyclic) bond motifs is 8. The second-order valence-electron chi connectivity index (χ2n) is 22.8. The highest BCUT2D eigenvalue weighted by atomic mass is 16.6. The number of aromatic hydroxyl groups is 2. The summed E-state index contributed by atoms with van der Waals surface area (Å²) >= 11 is 0. The number of hydrogen-bond donors (Lipinski definition) is 6. The number of benzene rings is 10. The third-order valence-corrected chi connectivity index (χ3v) is 16.6. The number of ether oxygens (including phenoxy) is 6. The van der Waals surface area contributed by atoms with E-state index in [4.69, 9.17) is 28.4 Å². The van der Waals surface area contributed by atoms with Gasteiger partial charge in [-0.05, 0) is 79.9 Å². The standard InChI is InChI=1S/C46H46N4O2.C34H38O8/c51-43(47-33-35-49-45(37-19-7-1-8-20-37,38-21-9-2-10-22-38)39-23-11-3-12-24-39)31-32-44(52)48-34-36-50-46(40-25-13-4-14-26-40,41-27-15-5-16-28-41)42-29-17-6-18-30-42;1-24-20-29-27-8-4-2-6-25(27)22-31(33(29)35)41-18-16-39-14-12-37-10-11-38-13-15-40-17-19-42-32-23-26-7-3-5-9-28(26)30(21-24)34(32)36/h1-30,49-50H,31-36H2,(H,47,51)(H,48,52);2-9,22-23,35-36H,1,10-21H2. The van der Waals surface area contributed by atoms with Gasteiger partial charge in [0.05, 0.1) is 63.9 Å². The maximum absolute atomic E-state index is 12.9. The van der Waals surface area contributed by atoms with E-state index in [-0.39, 0.29) is 49.4 Å². The SMILES string of the molecule is C=C1Cc2c(O)c(cc3ccccc23)OCCOCCOCCOCCOCCOc2cc3ccccc3c(c2O)C1.O=C(CCC(=O)NCCNC(c1ccccc1)(c1ccccc1)c1ccccc1)NCCNC(c1ccccc1)(c1ccccc1)c1ccccc1. The molecule has 0 aromatic heterocycles. The highest BCUT2D eigenvalue weighted by molar-refractivity contribution is 5.92. The molecule has 14 heteroatoms. The fraction of sp³-hybridized carbons (Fsp3) is 0.250. The average molecular weight is 1260 g/mol. The van der Waals surface area contributed by atoms with E-state index in [2.05, 4.69) is 101 Å². The van der Waals surface area contributed by atoms with E-state index in [0.29, 0.717) is 103 Å². The molecule has 4 bridgehead atoms. The molecule has 94 heavy (non-hydrogen) atoms. The van der Waals surface area contributed by atoms with Crippen molar-refractivity contribution in [2.75, 3.05) is 92.2 Å². The molecule has 0 radical (unpaired) electrons. The normalized spacial score (nSPS) is 14.0. The van der Waals surface area contributed by atoms with Gasteiger partial charge in [-0.15, -0.1) is 0 Å². The lowest BCUT2D eigenvalue weighted by Gasteiger charge is -2.37. The number of carbonyl (C=O) groups excluding carboxylic acids is 2. The fourth-order valence-corrected chi connectivity index (χ4v) is 12.1. The molecule has 1 heterocycles. The molecule has 0 atom stereocenters. The van der Waals surface area contributed by atoms with Crippen molar-refractivity contribution in [3.63, 3.8) is 0 Å². The molecule has 1 aliphatic rings. The van der Waals surface area contributed by atoms with E-state index in [1.54, 1.807) is 0 Å². The Morgan fingerprint density at radius 1 is 0.362 bits per heavy atom. The molecule has 0 saturated carbocycles. The molecule has 10 aromatic rings. The van der Waals surface area contributed by atoms with Crippen LogP contribution in [0.3, 0.4) is 0 Å². The molecule has 6 N–H and O–H groups in total. The largest absolute Gasteiger partial charge is 0.504 e. The van der Waals surface area contributed by atoms with Gasteiger partial charge >= 0.3 is 0 Å². The Labute approximate surface area is 551 Å². The van der Waals surface area contributed by atoms with E-state index < -0.39 is 11.1 Å². The molecule has 14 nitrogen and oxygen atoms in total. The van der Waals surface area contributed by atoms with E-state index >= 15 is 0 Å². The van der Waals surface area contributed by atoms with Crippen molar-refractivity contribution in [3.8, 4) is 23.0 Å². The summed E-state index contributed by atoms with van der Waals surface area (Å²) in [7, 11) is 0. The molecule has 484 valence electrons. The molecule has 10 aromatic carbocycles. The second kappa shape index (κ2) is 34.9. The summed E-state index contributed by atoms with van der Waals surface area (Å²) in [4.78, 5) is 25.8. The Balaban J connectivity index is 0.000000210. The number of rotatable bonds is 17. The van der Waals surface area contributed by atoms with Crippen LogP contribution in [0.2, 0.25) is 0 Å². The predicted octanol–water partition coefficient (Wildman–Crippen LogP) is 12.7. The summed E-state index contributed by atoms with van der Waals surface area (Å²) in [6, 6.07) is 81.7. The number of allylic oxidation sites excluding steroid dienone is 1.